The molecule has 2 N–H and O–H groups in total. The number of carbonyl (C=O) groups excluding carboxylic acids is 4. The fourth-order valence-electron chi connectivity index (χ4n) is 4.14. The summed E-state index contributed by atoms with van der Waals surface area (Å²) in [6.07, 6.45) is 3.44. The second-order valence-electron chi connectivity index (χ2n) is 8.62. The number of nitrogens with zero attached hydrogens (tertiary/aromatic N) is 1. The number of anilines is 1. The van der Waals surface area contributed by atoms with E-state index < -0.39 is 23.8 Å². The summed E-state index contributed by atoms with van der Waals surface area (Å²) in [5.41, 5.74) is 4.41. The number of benzene rings is 2. The maximum atomic E-state index is 12.7. The Bertz CT molecular complexity index is 1460. The number of para-hydroxylation sites is 1. The van der Waals surface area contributed by atoms with Crippen LogP contribution in [0, 0.1) is 0 Å². The second-order valence-corrected chi connectivity index (χ2v) is 9.72. The van der Waals surface area contributed by atoms with Crippen molar-refractivity contribution < 1.29 is 33.4 Å². The smallest absolute Gasteiger partial charge is 0.343 e. The molecule has 1 aliphatic rings. The summed E-state index contributed by atoms with van der Waals surface area (Å²) < 4.78 is 15.6. The first-order valence-electron chi connectivity index (χ1n) is 12.2. The van der Waals surface area contributed by atoms with Crippen molar-refractivity contribution >= 4 is 45.8 Å². The van der Waals surface area contributed by atoms with Gasteiger partial charge in [0.25, 0.3) is 0 Å². The molecule has 1 aliphatic carbocycles. The highest BCUT2D eigenvalue weighted by molar-refractivity contribution is 7.17. The van der Waals surface area contributed by atoms with E-state index in [1.54, 1.807) is 55.5 Å². The van der Waals surface area contributed by atoms with Crippen LogP contribution in [0.25, 0.3) is 0 Å². The number of ether oxygens (including phenoxy) is 3. The quantitative estimate of drug-likeness (QED) is 0.149. The van der Waals surface area contributed by atoms with Gasteiger partial charge in [0.2, 0.25) is 0 Å². The topological polar surface area (TPSA) is 132 Å². The van der Waals surface area contributed by atoms with Gasteiger partial charge in [0.15, 0.2) is 0 Å². The molecule has 0 saturated heterocycles. The van der Waals surface area contributed by atoms with Gasteiger partial charge >= 0.3 is 23.8 Å². The number of esters is 2. The Labute approximate surface area is 229 Å². The minimum atomic E-state index is -1.03. The van der Waals surface area contributed by atoms with E-state index >= 15 is 0 Å². The number of fused-ring (bicyclic) bond motifs is 1. The summed E-state index contributed by atoms with van der Waals surface area (Å²) in [5, 5.41) is 6.83. The van der Waals surface area contributed by atoms with Crippen molar-refractivity contribution in [3.05, 3.63) is 75.7 Å². The zero-order valence-electron chi connectivity index (χ0n) is 21.7. The largest absolute Gasteiger partial charge is 0.497 e. The number of hydrogen-bond donors (Lipinski definition) is 2. The van der Waals surface area contributed by atoms with E-state index in [0.717, 1.165) is 29.7 Å². The number of hydrogen-bond acceptors (Lipinski definition) is 9. The van der Waals surface area contributed by atoms with Gasteiger partial charge in [-0.25, -0.2) is 15.0 Å². The number of aryl methyl sites for hydroxylation is 1. The molecular weight excluding hydrogens is 522 g/mol. The first-order valence-corrected chi connectivity index (χ1v) is 13.0. The predicted molar refractivity (Wildman–Crippen MR) is 146 cm³/mol. The molecular formula is C28H27N3O7S. The molecule has 11 heteroatoms. The van der Waals surface area contributed by atoms with Crippen LogP contribution in [-0.4, -0.2) is 43.7 Å². The van der Waals surface area contributed by atoms with E-state index in [-0.39, 0.29) is 10.8 Å². The minimum absolute atomic E-state index is 0.220. The maximum Gasteiger partial charge on any atom is 0.343 e. The second kappa shape index (κ2) is 12.4. The van der Waals surface area contributed by atoms with Crippen LogP contribution in [0.1, 0.15) is 56.5 Å². The molecule has 1 aromatic heterocycles. The van der Waals surface area contributed by atoms with Gasteiger partial charge in [-0.3, -0.25) is 9.59 Å². The van der Waals surface area contributed by atoms with Gasteiger partial charge < -0.3 is 19.5 Å². The number of carbonyl (C=O) groups is 4. The van der Waals surface area contributed by atoms with Gasteiger partial charge in [-0.05, 0) is 68.5 Å². The molecule has 4 rings (SSSR count). The number of thiophene rings is 1. The Morgan fingerprint density at radius 1 is 0.923 bits per heavy atom. The number of methoxy groups -OCH3 is 2. The Morgan fingerprint density at radius 3 is 2.46 bits per heavy atom. The Morgan fingerprint density at radius 2 is 1.69 bits per heavy atom. The molecule has 0 spiro atoms. The zero-order chi connectivity index (χ0) is 27.9. The lowest BCUT2D eigenvalue weighted by atomic mass is 9.95. The van der Waals surface area contributed by atoms with Crippen LogP contribution in [0.5, 0.6) is 11.5 Å². The normalized spacial score (nSPS) is 12.6. The summed E-state index contributed by atoms with van der Waals surface area (Å²) in [5.74, 6) is -2.43. The molecule has 0 aliphatic heterocycles. The Kier molecular flexibility index (Phi) is 8.72. The van der Waals surface area contributed by atoms with Crippen molar-refractivity contribution in [3.8, 4) is 11.5 Å². The first kappa shape index (κ1) is 27.5. The summed E-state index contributed by atoms with van der Waals surface area (Å²) in [4.78, 5) is 51.3. The highest BCUT2D eigenvalue weighted by Gasteiger charge is 2.28. The first-order chi connectivity index (χ1) is 18.8. The molecule has 0 saturated carbocycles. The molecule has 0 radical (unpaired) electrons. The SMILES string of the molecule is COC(=O)c1c(NC(=O)C(=O)NN=C(C)c2ccccc2OC(=O)c2cccc(OC)c2)sc2c1CCCC2. The maximum absolute atomic E-state index is 12.7. The molecule has 0 unspecified atom stereocenters. The van der Waals surface area contributed by atoms with Crippen molar-refractivity contribution in [1.82, 2.24) is 5.43 Å². The fourth-order valence-corrected chi connectivity index (χ4v) is 5.41. The molecule has 202 valence electrons. The molecule has 0 atom stereocenters. The van der Waals surface area contributed by atoms with Crippen molar-refractivity contribution in [3.63, 3.8) is 0 Å². The van der Waals surface area contributed by atoms with Crippen LogP contribution in [-0.2, 0) is 27.2 Å². The molecule has 39 heavy (non-hydrogen) atoms. The van der Waals surface area contributed by atoms with Crippen molar-refractivity contribution in [2.45, 2.75) is 32.6 Å². The third-order valence-electron chi connectivity index (χ3n) is 6.10. The third-order valence-corrected chi connectivity index (χ3v) is 7.31. The predicted octanol–water partition coefficient (Wildman–Crippen LogP) is 4.12. The van der Waals surface area contributed by atoms with E-state index in [1.165, 1.54) is 25.6 Å². The van der Waals surface area contributed by atoms with Crippen LogP contribution in [0.15, 0.2) is 53.6 Å². The van der Waals surface area contributed by atoms with Gasteiger partial charge in [-0.2, -0.15) is 5.10 Å². The molecule has 0 bridgehead atoms. The van der Waals surface area contributed by atoms with Gasteiger partial charge in [0, 0.05) is 10.4 Å². The molecule has 0 fully saturated rings. The van der Waals surface area contributed by atoms with E-state index in [9.17, 15) is 19.2 Å². The summed E-state index contributed by atoms with van der Waals surface area (Å²) >= 11 is 1.28. The summed E-state index contributed by atoms with van der Waals surface area (Å²) in [6, 6.07) is 13.2. The monoisotopic (exact) mass is 549 g/mol. The summed E-state index contributed by atoms with van der Waals surface area (Å²) in [7, 11) is 2.77. The van der Waals surface area contributed by atoms with Crippen LogP contribution in [0.4, 0.5) is 5.00 Å². The minimum Gasteiger partial charge on any atom is -0.497 e. The van der Waals surface area contributed by atoms with Crippen LogP contribution in [0.2, 0.25) is 0 Å². The number of amides is 2. The lowest BCUT2D eigenvalue weighted by Crippen LogP contribution is -2.33. The molecule has 3 aromatic rings. The molecule has 2 aromatic carbocycles. The van der Waals surface area contributed by atoms with Crippen LogP contribution >= 0.6 is 11.3 Å². The molecule has 2 amide bonds. The van der Waals surface area contributed by atoms with Crippen molar-refractivity contribution in [2.24, 2.45) is 5.10 Å². The molecule has 1 heterocycles. The third kappa shape index (κ3) is 6.32. The number of rotatable bonds is 7. The summed E-state index contributed by atoms with van der Waals surface area (Å²) in [6.45, 7) is 1.60. The lowest BCUT2D eigenvalue weighted by Gasteiger charge is -2.11. The van der Waals surface area contributed by atoms with Crippen molar-refractivity contribution in [1.29, 1.82) is 0 Å². The van der Waals surface area contributed by atoms with Gasteiger partial charge in [-0.15, -0.1) is 11.3 Å². The van der Waals surface area contributed by atoms with Crippen LogP contribution in [0.3, 0.4) is 0 Å². The van der Waals surface area contributed by atoms with E-state index in [1.807, 2.05) is 0 Å². The van der Waals surface area contributed by atoms with Crippen molar-refractivity contribution in [2.75, 3.05) is 19.5 Å². The number of nitrogens with one attached hydrogen (secondary N) is 2. The van der Waals surface area contributed by atoms with Gasteiger partial charge in [0.1, 0.15) is 16.5 Å². The highest BCUT2D eigenvalue weighted by atomic mass is 32.1. The van der Waals surface area contributed by atoms with Gasteiger partial charge in [-0.1, -0.05) is 18.2 Å². The average molecular weight is 550 g/mol. The zero-order valence-corrected chi connectivity index (χ0v) is 22.5. The fraction of sp³-hybridized carbons (Fsp3) is 0.250. The molecule has 10 nitrogen and oxygen atoms in total. The van der Waals surface area contributed by atoms with Crippen LogP contribution < -0.4 is 20.2 Å². The average Bonchev–Trinajstić information content (AvgIpc) is 3.33. The number of hydrazone groups is 1. The van der Waals surface area contributed by atoms with Gasteiger partial charge in [0.05, 0.1) is 31.1 Å². The Balaban J connectivity index is 1.46. The van der Waals surface area contributed by atoms with E-state index in [4.69, 9.17) is 14.2 Å². The Hall–Kier alpha value is -4.51. The standard InChI is InChI=1S/C28H27N3O7S/c1-16(19-11-4-6-13-21(19)38-27(34)17-9-8-10-18(15-17)36-2)30-31-25(33)24(32)29-26-23(28(35)37-3)20-12-5-7-14-22(20)39-26/h4,6,8-11,13,15H,5,7,12,14H2,1-3H3,(H,29,32)(H,31,33). The van der Waals surface area contributed by atoms with E-state index in [2.05, 4.69) is 15.8 Å². The lowest BCUT2D eigenvalue weighted by molar-refractivity contribution is -0.136. The highest BCUT2D eigenvalue weighted by Crippen LogP contribution is 2.38. The van der Waals surface area contributed by atoms with E-state index in [0.29, 0.717) is 34.6 Å².